The summed E-state index contributed by atoms with van der Waals surface area (Å²) in [4.78, 5) is 29.2. The lowest BCUT2D eigenvalue weighted by Crippen LogP contribution is -2.55. The van der Waals surface area contributed by atoms with Crippen LogP contribution < -0.4 is 0 Å². The molecule has 0 N–H and O–H groups in total. The number of likely N-dealkylation sites (tertiary alicyclic amines) is 2. The van der Waals surface area contributed by atoms with Gasteiger partial charge in [0.2, 0.25) is 11.8 Å². The van der Waals surface area contributed by atoms with Gasteiger partial charge in [0.15, 0.2) is 0 Å². The minimum atomic E-state index is 0.133. The maximum absolute atomic E-state index is 12.7. The van der Waals surface area contributed by atoms with Crippen molar-refractivity contribution in [2.45, 2.75) is 64.0 Å². The summed E-state index contributed by atoms with van der Waals surface area (Å²) in [5.41, 5.74) is 1.30. The normalized spacial score (nSPS) is 25.4. The Morgan fingerprint density at radius 3 is 2.75 bits per heavy atom. The first-order valence-electron chi connectivity index (χ1n) is 10.8. The average Bonchev–Trinajstić information content (AvgIpc) is 3.56. The Balaban J connectivity index is 1.21. The first kappa shape index (κ1) is 19.4. The molecule has 1 aliphatic carbocycles. The van der Waals surface area contributed by atoms with Gasteiger partial charge >= 0.3 is 0 Å². The predicted octanol–water partition coefficient (Wildman–Crippen LogP) is 3.38. The largest absolute Gasteiger partial charge is 0.377 e. The van der Waals surface area contributed by atoms with Gasteiger partial charge in [-0.25, -0.2) is 0 Å². The Labute approximate surface area is 168 Å². The lowest BCUT2D eigenvalue weighted by molar-refractivity contribution is -0.143. The van der Waals surface area contributed by atoms with Crippen molar-refractivity contribution in [3.8, 4) is 0 Å². The Morgan fingerprint density at radius 1 is 1.14 bits per heavy atom. The van der Waals surface area contributed by atoms with Gasteiger partial charge in [-0.2, -0.15) is 0 Å². The van der Waals surface area contributed by atoms with E-state index in [1.165, 1.54) is 5.56 Å². The van der Waals surface area contributed by atoms with E-state index in [9.17, 15) is 9.59 Å². The summed E-state index contributed by atoms with van der Waals surface area (Å²) >= 11 is 0. The Kier molecular flexibility index (Phi) is 6.00. The molecule has 5 heteroatoms. The maximum Gasteiger partial charge on any atom is 0.222 e. The minimum Gasteiger partial charge on any atom is -0.377 e. The highest BCUT2D eigenvalue weighted by atomic mass is 16.5. The number of carbonyl (C=O) groups excluding carboxylic acids is 2. The van der Waals surface area contributed by atoms with Gasteiger partial charge in [-0.05, 0) is 44.1 Å². The van der Waals surface area contributed by atoms with Crippen LogP contribution in [0.4, 0.5) is 0 Å². The van der Waals surface area contributed by atoms with Crippen molar-refractivity contribution in [3.05, 3.63) is 35.9 Å². The third-order valence-electron chi connectivity index (χ3n) is 6.49. The zero-order valence-corrected chi connectivity index (χ0v) is 16.8. The summed E-state index contributed by atoms with van der Waals surface area (Å²) in [5, 5.41) is 0. The van der Waals surface area contributed by atoms with Crippen molar-refractivity contribution >= 4 is 11.8 Å². The SMILES string of the molecule is O=C(CCCOCc1ccccc1)N1CCC[C@]2(CCC(=O)N(C3CC3)C2)C1. The molecule has 2 saturated heterocycles. The quantitative estimate of drug-likeness (QED) is 0.677. The van der Waals surface area contributed by atoms with Crippen LogP contribution in [0.15, 0.2) is 30.3 Å². The molecule has 152 valence electrons. The van der Waals surface area contributed by atoms with Gasteiger partial charge in [-0.1, -0.05) is 30.3 Å². The lowest BCUT2D eigenvalue weighted by Gasteiger charge is -2.48. The van der Waals surface area contributed by atoms with E-state index in [-0.39, 0.29) is 11.3 Å². The Morgan fingerprint density at radius 2 is 1.96 bits per heavy atom. The Bertz CT molecular complexity index is 688. The second-order valence-corrected chi connectivity index (χ2v) is 8.81. The summed E-state index contributed by atoms with van der Waals surface area (Å²) < 4.78 is 5.71. The van der Waals surface area contributed by atoms with Gasteiger partial charge in [0, 0.05) is 50.5 Å². The van der Waals surface area contributed by atoms with Crippen molar-refractivity contribution in [3.63, 3.8) is 0 Å². The van der Waals surface area contributed by atoms with Crippen molar-refractivity contribution in [2.24, 2.45) is 5.41 Å². The monoisotopic (exact) mass is 384 g/mol. The van der Waals surface area contributed by atoms with E-state index >= 15 is 0 Å². The highest BCUT2D eigenvalue weighted by molar-refractivity contribution is 5.78. The topological polar surface area (TPSA) is 49.9 Å². The minimum absolute atomic E-state index is 0.133. The third kappa shape index (κ3) is 4.75. The Hall–Kier alpha value is -1.88. The molecule has 0 aromatic heterocycles. The van der Waals surface area contributed by atoms with E-state index in [2.05, 4.69) is 21.9 Å². The van der Waals surface area contributed by atoms with Crippen LogP contribution in [0, 0.1) is 5.41 Å². The molecule has 0 unspecified atom stereocenters. The number of benzene rings is 1. The van der Waals surface area contributed by atoms with Crippen LogP contribution in [-0.2, 0) is 20.9 Å². The molecule has 2 amide bonds. The molecule has 0 radical (unpaired) electrons. The summed E-state index contributed by atoms with van der Waals surface area (Å²) in [5.74, 6) is 0.574. The molecule has 3 aliphatic rings. The molecule has 2 heterocycles. The van der Waals surface area contributed by atoms with E-state index in [0.29, 0.717) is 38.0 Å². The molecule has 4 rings (SSSR count). The highest BCUT2D eigenvalue weighted by Crippen LogP contribution is 2.42. The molecule has 1 saturated carbocycles. The van der Waals surface area contributed by atoms with Crippen LogP contribution >= 0.6 is 0 Å². The highest BCUT2D eigenvalue weighted by Gasteiger charge is 2.46. The number of nitrogens with zero attached hydrogens (tertiary/aromatic N) is 2. The summed E-state index contributed by atoms with van der Waals surface area (Å²) in [6.07, 6.45) is 7.44. The average molecular weight is 385 g/mol. The lowest BCUT2D eigenvalue weighted by atomic mass is 9.73. The molecule has 1 aromatic rings. The van der Waals surface area contributed by atoms with Gasteiger partial charge in [0.25, 0.3) is 0 Å². The van der Waals surface area contributed by atoms with Crippen LogP contribution in [0.2, 0.25) is 0 Å². The summed E-state index contributed by atoms with van der Waals surface area (Å²) in [7, 11) is 0. The van der Waals surface area contributed by atoms with Crippen LogP contribution in [0.3, 0.4) is 0 Å². The fraction of sp³-hybridized carbons (Fsp3) is 0.652. The second kappa shape index (κ2) is 8.64. The van der Waals surface area contributed by atoms with Gasteiger partial charge in [-0.15, -0.1) is 0 Å². The number of carbonyl (C=O) groups is 2. The number of amides is 2. The van der Waals surface area contributed by atoms with Crippen molar-refractivity contribution in [1.29, 1.82) is 0 Å². The molecule has 5 nitrogen and oxygen atoms in total. The van der Waals surface area contributed by atoms with E-state index in [4.69, 9.17) is 4.74 Å². The second-order valence-electron chi connectivity index (χ2n) is 8.81. The zero-order valence-electron chi connectivity index (χ0n) is 16.8. The van der Waals surface area contributed by atoms with Crippen LogP contribution in [0.1, 0.15) is 56.9 Å². The van der Waals surface area contributed by atoms with Crippen LogP contribution in [-0.4, -0.2) is 53.9 Å². The maximum atomic E-state index is 12.7. The summed E-state index contributed by atoms with van der Waals surface area (Å²) in [6, 6.07) is 10.6. The van der Waals surface area contributed by atoms with Gasteiger partial charge < -0.3 is 14.5 Å². The van der Waals surface area contributed by atoms with Crippen molar-refractivity contribution in [1.82, 2.24) is 9.80 Å². The molecule has 28 heavy (non-hydrogen) atoms. The predicted molar refractivity (Wildman–Crippen MR) is 108 cm³/mol. The number of hydrogen-bond donors (Lipinski definition) is 0. The van der Waals surface area contributed by atoms with E-state index in [0.717, 1.165) is 58.2 Å². The first-order valence-corrected chi connectivity index (χ1v) is 10.8. The van der Waals surface area contributed by atoms with Crippen LogP contribution in [0.5, 0.6) is 0 Å². The fourth-order valence-electron chi connectivity index (χ4n) is 4.76. The molecular weight excluding hydrogens is 352 g/mol. The standard InChI is InChI=1S/C23H32N2O3/c26-21(8-4-15-28-16-19-6-2-1-3-7-19)24-14-5-12-23(17-24)13-11-22(27)25(18-23)20-9-10-20/h1-3,6-7,20H,4-5,8-18H2/t23-/m0/s1. The molecule has 1 atom stereocenters. The van der Waals surface area contributed by atoms with E-state index in [1.807, 2.05) is 18.2 Å². The molecule has 1 spiro atoms. The van der Waals surface area contributed by atoms with Crippen molar-refractivity contribution in [2.75, 3.05) is 26.2 Å². The molecular formula is C23H32N2O3. The molecule has 1 aromatic carbocycles. The third-order valence-corrected chi connectivity index (χ3v) is 6.49. The van der Waals surface area contributed by atoms with E-state index in [1.54, 1.807) is 0 Å². The van der Waals surface area contributed by atoms with Gasteiger partial charge in [0.1, 0.15) is 0 Å². The van der Waals surface area contributed by atoms with Gasteiger partial charge in [0.05, 0.1) is 6.61 Å². The number of piperidine rings is 2. The fourth-order valence-corrected chi connectivity index (χ4v) is 4.76. The van der Waals surface area contributed by atoms with Crippen molar-refractivity contribution < 1.29 is 14.3 Å². The molecule has 2 aliphatic heterocycles. The zero-order chi connectivity index (χ0) is 19.4. The molecule has 0 bridgehead atoms. The van der Waals surface area contributed by atoms with Crippen LogP contribution in [0.25, 0.3) is 0 Å². The van der Waals surface area contributed by atoms with E-state index < -0.39 is 0 Å². The number of ether oxygens (including phenoxy) is 1. The molecule has 3 fully saturated rings. The number of hydrogen-bond acceptors (Lipinski definition) is 3. The first-order chi connectivity index (χ1) is 13.7. The number of rotatable bonds is 7. The van der Waals surface area contributed by atoms with Gasteiger partial charge in [-0.3, -0.25) is 9.59 Å². The summed E-state index contributed by atoms with van der Waals surface area (Å²) in [6.45, 7) is 3.77. The smallest absolute Gasteiger partial charge is 0.222 e.